The van der Waals surface area contributed by atoms with Crippen LogP contribution in [0.2, 0.25) is 0 Å². The number of nitrogens with zero attached hydrogens (tertiary/aromatic N) is 2. The van der Waals surface area contributed by atoms with Gasteiger partial charge in [0.05, 0.1) is 12.0 Å². The van der Waals surface area contributed by atoms with Crippen LogP contribution in [0.4, 0.5) is 10.2 Å². The summed E-state index contributed by atoms with van der Waals surface area (Å²) in [5.41, 5.74) is 1.54. The zero-order valence-electron chi connectivity index (χ0n) is 11.7. The number of carboxylic acids is 1. The second-order valence-electron chi connectivity index (χ2n) is 4.78. The maximum absolute atomic E-state index is 13.1. The van der Waals surface area contributed by atoms with E-state index in [2.05, 4.69) is 15.3 Å². The van der Waals surface area contributed by atoms with E-state index < -0.39 is 18.6 Å². The zero-order valence-corrected chi connectivity index (χ0v) is 12.5. The van der Waals surface area contributed by atoms with Crippen LogP contribution in [0, 0.1) is 5.82 Å². The lowest BCUT2D eigenvalue weighted by Crippen LogP contribution is -2.33. The first-order chi connectivity index (χ1) is 11.1. The lowest BCUT2D eigenvalue weighted by molar-refractivity contribution is -0.138. The molecule has 0 aliphatic heterocycles. The Bertz CT molecular complexity index is 851. The maximum atomic E-state index is 13.1. The molecular weight excluding hydrogens is 321 g/mol. The van der Waals surface area contributed by atoms with Gasteiger partial charge in [0.15, 0.2) is 0 Å². The van der Waals surface area contributed by atoms with Gasteiger partial charge in [-0.3, -0.25) is 0 Å². The van der Waals surface area contributed by atoms with Crippen molar-refractivity contribution in [3.05, 3.63) is 41.8 Å². The molecule has 3 aromatic rings. The number of aliphatic hydroxyl groups excluding tert-OH is 1. The number of nitrogens with one attached hydrogen (secondary N) is 1. The van der Waals surface area contributed by atoms with Gasteiger partial charge in [-0.2, -0.15) is 0 Å². The predicted molar refractivity (Wildman–Crippen MR) is 84.9 cm³/mol. The highest BCUT2D eigenvalue weighted by Crippen LogP contribution is 2.36. The summed E-state index contributed by atoms with van der Waals surface area (Å²) < 4.78 is 13.1. The van der Waals surface area contributed by atoms with Crippen LogP contribution in [0.5, 0.6) is 0 Å². The minimum absolute atomic E-state index is 0.317. The smallest absolute Gasteiger partial charge is 0.328 e. The predicted octanol–water partition coefficient (Wildman–Crippen LogP) is 2.35. The maximum Gasteiger partial charge on any atom is 0.328 e. The number of aromatic nitrogens is 2. The van der Waals surface area contributed by atoms with Crippen molar-refractivity contribution in [1.82, 2.24) is 9.97 Å². The monoisotopic (exact) mass is 333 g/mol. The number of benzene rings is 1. The van der Waals surface area contributed by atoms with Gasteiger partial charge in [-0.05, 0) is 17.7 Å². The molecule has 1 aromatic carbocycles. The molecule has 8 heteroatoms. The van der Waals surface area contributed by atoms with Gasteiger partial charge in [0.25, 0.3) is 0 Å². The average molecular weight is 333 g/mol. The molecule has 0 radical (unpaired) electrons. The molecular formula is C15H12FN3O3S. The summed E-state index contributed by atoms with van der Waals surface area (Å²) in [6, 6.07) is 4.80. The van der Waals surface area contributed by atoms with Crippen molar-refractivity contribution in [2.75, 3.05) is 11.9 Å². The van der Waals surface area contributed by atoms with Crippen molar-refractivity contribution in [3.8, 4) is 11.1 Å². The minimum atomic E-state index is -1.18. The largest absolute Gasteiger partial charge is 0.480 e. The number of fused-ring (bicyclic) bond motifs is 1. The number of carbonyl (C=O) groups is 1. The number of rotatable bonds is 5. The van der Waals surface area contributed by atoms with Gasteiger partial charge in [-0.1, -0.05) is 12.1 Å². The van der Waals surface area contributed by atoms with Crippen molar-refractivity contribution >= 4 is 33.3 Å². The van der Waals surface area contributed by atoms with E-state index in [9.17, 15) is 14.3 Å². The highest BCUT2D eigenvalue weighted by atomic mass is 32.1. The quantitative estimate of drug-likeness (QED) is 0.663. The summed E-state index contributed by atoms with van der Waals surface area (Å²) in [7, 11) is 0. The molecule has 2 heterocycles. The standard InChI is InChI=1S/C15H12FN3O3S/c16-9-3-1-8(2-4-9)10-6-23-14-12(10)13(17-7-18-14)19-11(5-20)15(21)22/h1-4,6-7,11,20H,5H2,(H,21,22)(H,17,18,19). The number of thiophene rings is 1. The van der Waals surface area contributed by atoms with Crippen LogP contribution in [-0.4, -0.2) is 38.8 Å². The topological polar surface area (TPSA) is 95.3 Å². The Morgan fingerprint density at radius 2 is 2.04 bits per heavy atom. The third kappa shape index (κ3) is 2.99. The van der Waals surface area contributed by atoms with Gasteiger partial charge in [0.2, 0.25) is 0 Å². The van der Waals surface area contributed by atoms with Gasteiger partial charge in [0, 0.05) is 10.9 Å². The molecule has 0 saturated carbocycles. The van der Waals surface area contributed by atoms with E-state index in [0.717, 1.165) is 11.1 Å². The molecule has 2 aromatic heterocycles. The molecule has 6 nitrogen and oxygen atoms in total. The Morgan fingerprint density at radius 1 is 1.30 bits per heavy atom. The molecule has 0 amide bonds. The molecule has 3 N–H and O–H groups in total. The summed E-state index contributed by atoms with van der Waals surface area (Å²) in [6.45, 7) is -0.573. The first kappa shape index (κ1) is 15.3. The molecule has 23 heavy (non-hydrogen) atoms. The molecule has 0 bridgehead atoms. The van der Waals surface area contributed by atoms with E-state index in [0.29, 0.717) is 16.0 Å². The average Bonchev–Trinajstić information content (AvgIpc) is 2.98. The number of aliphatic carboxylic acids is 1. The molecule has 1 unspecified atom stereocenters. The molecule has 0 fully saturated rings. The van der Waals surface area contributed by atoms with E-state index in [1.807, 2.05) is 5.38 Å². The van der Waals surface area contributed by atoms with Crippen LogP contribution < -0.4 is 5.32 Å². The highest BCUT2D eigenvalue weighted by molar-refractivity contribution is 7.17. The number of halogens is 1. The van der Waals surface area contributed by atoms with Crippen LogP contribution in [0.15, 0.2) is 36.0 Å². The van der Waals surface area contributed by atoms with E-state index >= 15 is 0 Å². The summed E-state index contributed by atoms with van der Waals surface area (Å²) >= 11 is 1.38. The van der Waals surface area contributed by atoms with Crippen molar-refractivity contribution in [3.63, 3.8) is 0 Å². The van der Waals surface area contributed by atoms with Crippen LogP contribution in [0.3, 0.4) is 0 Å². The fraction of sp³-hybridized carbons (Fsp3) is 0.133. The molecule has 3 rings (SSSR count). The third-order valence-corrected chi connectivity index (χ3v) is 4.20. The molecule has 0 aliphatic rings. The SMILES string of the molecule is O=C(O)C(CO)Nc1ncnc2scc(-c3ccc(F)cc3)c12. The van der Waals surface area contributed by atoms with Crippen molar-refractivity contribution in [2.24, 2.45) is 0 Å². The Kier molecular flexibility index (Phi) is 4.18. The van der Waals surface area contributed by atoms with Crippen LogP contribution in [0.1, 0.15) is 0 Å². The Labute approximate surface area is 134 Å². The fourth-order valence-electron chi connectivity index (χ4n) is 2.18. The van der Waals surface area contributed by atoms with Crippen LogP contribution in [0.25, 0.3) is 21.3 Å². The van der Waals surface area contributed by atoms with Crippen LogP contribution in [-0.2, 0) is 4.79 Å². The van der Waals surface area contributed by atoms with E-state index in [1.54, 1.807) is 12.1 Å². The van der Waals surface area contributed by atoms with Gasteiger partial charge in [0.1, 0.15) is 28.8 Å². The second-order valence-corrected chi connectivity index (χ2v) is 5.63. The number of anilines is 1. The summed E-state index contributed by atoms with van der Waals surface area (Å²) in [5, 5.41) is 23.4. The highest BCUT2D eigenvalue weighted by Gasteiger charge is 2.20. The molecule has 0 saturated heterocycles. The fourth-order valence-corrected chi connectivity index (χ4v) is 3.09. The molecule has 0 spiro atoms. The summed E-state index contributed by atoms with van der Waals surface area (Å²) in [5.74, 6) is -1.20. The Hall–Kier alpha value is -2.58. The third-order valence-electron chi connectivity index (χ3n) is 3.32. The lowest BCUT2D eigenvalue weighted by atomic mass is 10.1. The lowest BCUT2D eigenvalue weighted by Gasteiger charge is -2.13. The zero-order chi connectivity index (χ0) is 16.4. The normalized spacial score (nSPS) is 12.3. The van der Waals surface area contributed by atoms with E-state index in [4.69, 9.17) is 5.11 Å². The number of aliphatic hydroxyl groups is 1. The second kappa shape index (κ2) is 6.27. The van der Waals surface area contributed by atoms with E-state index in [1.165, 1.54) is 29.8 Å². The Morgan fingerprint density at radius 3 is 2.70 bits per heavy atom. The van der Waals surface area contributed by atoms with Crippen molar-refractivity contribution in [2.45, 2.75) is 6.04 Å². The first-order valence-electron chi connectivity index (χ1n) is 6.68. The van der Waals surface area contributed by atoms with Gasteiger partial charge < -0.3 is 15.5 Å². The number of hydrogen-bond donors (Lipinski definition) is 3. The Balaban J connectivity index is 2.10. The van der Waals surface area contributed by atoms with Crippen molar-refractivity contribution in [1.29, 1.82) is 0 Å². The first-order valence-corrected chi connectivity index (χ1v) is 7.56. The molecule has 1 atom stereocenters. The molecule has 118 valence electrons. The number of hydrogen-bond acceptors (Lipinski definition) is 6. The van der Waals surface area contributed by atoms with Gasteiger partial charge >= 0.3 is 5.97 Å². The van der Waals surface area contributed by atoms with E-state index in [-0.39, 0.29) is 5.82 Å². The van der Waals surface area contributed by atoms with Gasteiger partial charge in [-0.15, -0.1) is 11.3 Å². The summed E-state index contributed by atoms with van der Waals surface area (Å²) in [6.07, 6.45) is 1.33. The number of carboxylic acid groups (broad SMARTS) is 1. The van der Waals surface area contributed by atoms with Gasteiger partial charge in [-0.25, -0.2) is 19.2 Å². The minimum Gasteiger partial charge on any atom is -0.480 e. The summed E-state index contributed by atoms with van der Waals surface area (Å²) in [4.78, 5) is 20.0. The molecule has 0 aliphatic carbocycles. The van der Waals surface area contributed by atoms with Crippen molar-refractivity contribution < 1.29 is 19.4 Å². The van der Waals surface area contributed by atoms with Crippen LogP contribution >= 0.6 is 11.3 Å².